The third-order valence-electron chi connectivity index (χ3n) is 5.35. The summed E-state index contributed by atoms with van der Waals surface area (Å²) in [4.78, 5) is 15.8. The van der Waals surface area contributed by atoms with Gasteiger partial charge in [0.1, 0.15) is 17.3 Å². The second-order valence-corrected chi connectivity index (χ2v) is 7.34. The molecule has 29 heavy (non-hydrogen) atoms. The van der Waals surface area contributed by atoms with E-state index in [-0.39, 0.29) is 5.82 Å². The van der Waals surface area contributed by atoms with Gasteiger partial charge in [-0.1, -0.05) is 0 Å². The van der Waals surface area contributed by atoms with Crippen LogP contribution in [0.2, 0.25) is 0 Å². The van der Waals surface area contributed by atoms with E-state index >= 15 is 0 Å². The zero-order valence-electron chi connectivity index (χ0n) is 16.4. The zero-order chi connectivity index (χ0) is 20.0. The molecule has 0 spiro atoms. The Kier molecular flexibility index (Phi) is 4.24. The Hall–Kier alpha value is -3.32. The molecule has 1 aromatic carbocycles. The summed E-state index contributed by atoms with van der Waals surface area (Å²) in [5, 5.41) is 0. The number of hydrogen-bond donors (Lipinski definition) is 0. The number of likely N-dealkylation sites (N-methyl/N-ethyl adjacent to an activating group) is 1. The van der Waals surface area contributed by atoms with Crippen molar-refractivity contribution in [1.29, 1.82) is 0 Å². The normalized spacial score (nSPS) is 14.7. The van der Waals surface area contributed by atoms with E-state index in [0.717, 1.165) is 59.3 Å². The van der Waals surface area contributed by atoms with Crippen molar-refractivity contribution in [2.45, 2.75) is 13.1 Å². The van der Waals surface area contributed by atoms with E-state index in [1.807, 2.05) is 16.7 Å². The minimum Gasteiger partial charge on any atom is -0.325 e. The highest BCUT2D eigenvalue weighted by Crippen LogP contribution is 2.34. The molecule has 0 N–H and O–H groups in total. The molecule has 5 rings (SSSR count). The van der Waals surface area contributed by atoms with Crippen LogP contribution < -0.4 is 0 Å². The van der Waals surface area contributed by atoms with Crippen LogP contribution in [-0.2, 0) is 13.1 Å². The number of nitrogens with zero attached hydrogens (tertiary/aromatic N) is 6. The van der Waals surface area contributed by atoms with Gasteiger partial charge < -0.3 is 4.57 Å². The average Bonchev–Trinajstić information content (AvgIpc) is 3.29. The van der Waals surface area contributed by atoms with Gasteiger partial charge >= 0.3 is 0 Å². The first-order chi connectivity index (χ1) is 14.1. The van der Waals surface area contributed by atoms with Crippen molar-refractivity contribution in [3.63, 3.8) is 0 Å². The number of imidazole rings is 2. The van der Waals surface area contributed by atoms with Crippen molar-refractivity contribution in [3.8, 4) is 22.5 Å². The summed E-state index contributed by atoms with van der Waals surface area (Å²) >= 11 is 0. The van der Waals surface area contributed by atoms with Crippen molar-refractivity contribution in [3.05, 3.63) is 66.1 Å². The van der Waals surface area contributed by atoms with Crippen LogP contribution in [0.4, 0.5) is 4.39 Å². The second-order valence-electron chi connectivity index (χ2n) is 7.34. The highest BCUT2D eigenvalue weighted by Gasteiger charge is 2.24. The number of aliphatic imine (C=N–C) groups is 1. The molecule has 0 bridgehead atoms. The first kappa shape index (κ1) is 17.8. The summed E-state index contributed by atoms with van der Waals surface area (Å²) < 4.78 is 17.8. The number of benzene rings is 1. The zero-order valence-corrected chi connectivity index (χ0v) is 16.4. The van der Waals surface area contributed by atoms with Crippen LogP contribution >= 0.6 is 0 Å². The molecular formula is C22H21FN6. The topological polar surface area (TPSA) is 50.7 Å². The second kappa shape index (κ2) is 6.93. The van der Waals surface area contributed by atoms with Crippen LogP contribution in [0.15, 0.2) is 53.8 Å². The quantitative estimate of drug-likeness (QED) is 0.505. The lowest BCUT2D eigenvalue weighted by molar-refractivity contribution is 0.265. The van der Waals surface area contributed by atoms with Gasteiger partial charge in [-0.3, -0.25) is 14.3 Å². The van der Waals surface area contributed by atoms with E-state index in [9.17, 15) is 4.39 Å². The summed E-state index contributed by atoms with van der Waals surface area (Å²) in [7, 11) is 3.85. The van der Waals surface area contributed by atoms with Gasteiger partial charge in [-0.2, -0.15) is 0 Å². The van der Waals surface area contributed by atoms with E-state index in [0.29, 0.717) is 0 Å². The standard InChI is InChI=1S/C22H21FN6/c1-24-11-18-12-25-19-8-5-16(13-29(18)19)22-21(15-3-6-17(23)7-4-15)26-20-14-27(2)9-10-28(20)22/h3-8,11-13H,9-10,14H2,1-2H3. The van der Waals surface area contributed by atoms with Crippen molar-refractivity contribution in [1.82, 2.24) is 23.8 Å². The number of hydrogen-bond acceptors (Lipinski definition) is 4. The summed E-state index contributed by atoms with van der Waals surface area (Å²) in [5.41, 5.74) is 5.67. The van der Waals surface area contributed by atoms with Crippen molar-refractivity contribution in [2.75, 3.05) is 20.6 Å². The summed E-state index contributed by atoms with van der Waals surface area (Å²) in [6.45, 7) is 2.61. The van der Waals surface area contributed by atoms with Crippen molar-refractivity contribution in [2.24, 2.45) is 4.99 Å². The third-order valence-corrected chi connectivity index (χ3v) is 5.35. The molecule has 4 aromatic rings. The molecule has 7 heteroatoms. The Morgan fingerprint density at radius 3 is 2.66 bits per heavy atom. The maximum atomic E-state index is 13.5. The van der Waals surface area contributed by atoms with Gasteiger partial charge in [0.25, 0.3) is 0 Å². The largest absolute Gasteiger partial charge is 0.325 e. The van der Waals surface area contributed by atoms with Crippen LogP contribution in [-0.4, -0.2) is 50.7 Å². The maximum Gasteiger partial charge on any atom is 0.137 e. The minimum absolute atomic E-state index is 0.248. The Labute approximate surface area is 168 Å². The van der Waals surface area contributed by atoms with Crippen LogP contribution in [0.3, 0.4) is 0 Å². The van der Waals surface area contributed by atoms with Gasteiger partial charge in [0.05, 0.1) is 29.8 Å². The van der Waals surface area contributed by atoms with Crippen LogP contribution in [0.1, 0.15) is 11.5 Å². The molecule has 0 amide bonds. The average molecular weight is 388 g/mol. The van der Waals surface area contributed by atoms with E-state index in [2.05, 4.69) is 38.8 Å². The molecule has 0 radical (unpaired) electrons. The molecule has 4 heterocycles. The molecule has 3 aromatic heterocycles. The number of pyridine rings is 1. The van der Waals surface area contributed by atoms with Gasteiger partial charge in [0.15, 0.2) is 0 Å². The van der Waals surface area contributed by atoms with Crippen molar-refractivity contribution < 1.29 is 4.39 Å². The third kappa shape index (κ3) is 3.03. The Morgan fingerprint density at radius 1 is 1.07 bits per heavy atom. The van der Waals surface area contributed by atoms with Crippen molar-refractivity contribution >= 4 is 11.9 Å². The molecular weight excluding hydrogens is 367 g/mol. The lowest BCUT2D eigenvalue weighted by Crippen LogP contribution is -2.30. The van der Waals surface area contributed by atoms with E-state index < -0.39 is 0 Å². The minimum atomic E-state index is -0.248. The predicted molar refractivity (Wildman–Crippen MR) is 112 cm³/mol. The van der Waals surface area contributed by atoms with E-state index in [1.54, 1.807) is 25.4 Å². The highest BCUT2D eigenvalue weighted by atomic mass is 19.1. The van der Waals surface area contributed by atoms with Gasteiger partial charge in [-0.05, 0) is 43.4 Å². The molecule has 1 aliphatic heterocycles. The van der Waals surface area contributed by atoms with Crippen LogP contribution in [0.5, 0.6) is 0 Å². The Morgan fingerprint density at radius 2 is 1.86 bits per heavy atom. The SMILES string of the molecule is CN=Cc1cnc2ccc(-c3c(-c4ccc(F)cc4)nc4n3CCN(C)C4)cn12. The summed E-state index contributed by atoms with van der Waals surface area (Å²) in [6.07, 6.45) is 5.69. The monoisotopic (exact) mass is 388 g/mol. The Bertz CT molecular complexity index is 1220. The van der Waals surface area contributed by atoms with Crippen LogP contribution in [0.25, 0.3) is 28.2 Å². The molecule has 0 aliphatic carbocycles. The maximum absolute atomic E-state index is 13.5. The fourth-order valence-electron chi connectivity index (χ4n) is 3.92. The highest BCUT2D eigenvalue weighted by molar-refractivity contribution is 5.82. The van der Waals surface area contributed by atoms with Crippen LogP contribution in [0, 0.1) is 5.82 Å². The lowest BCUT2D eigenvalue weighted by Gasteiger charge is -2.24. The number of rotatable bonds is 3. The Balaban J connectivity index is 1.74. The van der Waals surface area contributed by atoms with Gasteiger partial charge in [0.2, 0.25) is 0 Å². The predicted octanol–water partition coefficient (Wildman–Crippen LogP) is 3.50. The van der Waals surface area contributed by atoms with Gasteiger partial charge in [-0.15, -0.1) is 0 Å². The first-order valence-corrected chi connectivity index (χ1v) is 9.57. The lowest BCUT2D eigenvalue weighted by atomic mass is 10.1. The molecule has 6 nitrogen and oxygen atoms in total. The van der Waals surface area contributed by atoms with E-state index in [1.165, 1.54) is 12.1 Å². The molecule has 0 fully saturated rings. The molecule has 1 aliphatic rings. The number of halogens is 1. The summed E-state index contributed by atoms with van der Waals surface area (Å²) in [6, 6.07) is 10.6. The molecule has 0 atom stereocenters. The molecule has 0 unspecified atom stereocenters. The fourth-order valence-corrected chi connectivity index (χ4v) is 3.92. The van der Waals surface area contributed by atoms with E-state index in [4.69, 9.17) is 4.98 Å². The van der Waals surface area contributed by atoms with Gasteiger partial charge in [0, 0.05) is 43.7 Å². The number of fused-ring (bicyclic) bond motifs is 2. The molecule has 0 saturated carbocycles. The fraction of sp³-hybridized carbons (Fsp3) is 0.227. The first-order valence-electron chi connectivity index (χ1n) is 9.57. The molecule has 0 saturated heterocycles. The number of aromatic nitrogens is 4. The smallest absolute Gasteiger partial charge is 0.137 e. The molecule has 146 valence electrons. The summed E-state index contributed by atoms with van der Waals surface area (Å²) in [5.74, 6) is 0.775. The van der Waals surface area contributed by atoms with Gasteiger partial charge in [-0.25, -0.2) is 14.4 Å².